The first-order chi connectivity index (χ1) is 9.13. The van der Waals surface area contributed by atoms with E-state index in [0.29, 0.717) is 22.6 Å². The molecular formula is C14H15ClN4. The Morgan fingerprint density at radius 3 is 2.79 bits per heavy atom. The Bertz CT molecular complexity index is 603. The fourth-order valence-electron chi connectivity index (χ4n) is 1.99. The van der Waals surface area contributed by atoms with Crippen molar-refractivity contribution in [1.29, 1.82) is 0 Å². The van der Waals surface area contributed by atoms with Crippen molar-refractivity contribution in [3.05, 3.63) is 40.7 Å². The topological polar surface area (TPSA) is 63.8 Å². The summed E-state index contributed by atoms with van der Waals surface area (Å²) in [6, 6.07) is 7.51. The van der Waals surface area contributed by atoms with Crippen molar-refractivity contribution >= 4 is 28.9 Å². The van der Waals surface area contributed by atoms with Gasteiger partial charge < -0.3 is 11.1 Å². The number of aryl methyl sites for hydroxylation is 1. The van der Waals surface area contributed by atoms with Crippen LogP contribution in [0.4, 0.5) is 17.3 Å². The highest BCUT2D eigenvalue weighted by Crippen LogP contribution is 2.39. The molecule has 4 nitrogen and oxygen atoms in total. The molecule has 0 amide bonds. The fourth-order valence-corrected chi connectivity index (χ4v) is 2.26. The first-order valence-electron chi connectivity index (χ1n) is 6.30. The van der Waals surface area contributed by atoms with Crippen LogP contribution in [0.15, 0.2) is 24.3 Å². The average Bonchev–Trinajstić information content (AvgIpc) is 3.17. The van der Waals surface area contributed by atoms with E-state index in [9.17, 15) is 0 Å². The minimum Gasteiger partial charge on any atom is -0.384 e. The van der Waals surface area contributed by atoms with Gasteiger partial charge in [-0.15, -0.1) is 0 Å². The van der Waals surface area contributed by atoms with Crippen molar-refractivity contribution in [3.8, 4) is 0 Å². The van der Waals surface area contributed by atoms with E-state index < -0.39 is 0 Å². The van der Waals surface area contributed by atoms with Crippen LogP contribution in [0.1, 0.15) is 30.1 Å². The largest absolute Gasteiger partial charge is 0.384 e. The zero-order valence-electron chi connectivity index (χ0n) is 10.7. The summed E-state index contributed by atoms with van der Waals surface area (Å²) < 4.78 is 0. The highest BCUT2D eigenvalue weighted by Gasteiger charge is 2.27. The van der Waals surface area contributed by atoms with Crippen LogP contribution in [0.2, 0.25) is 5.02 Å². The number of hydrogen-bond acceptors (Lipinski definition) is 4. The molecule has 1 aliphatic rings. The summed E-state index contributed by atoms with van der Waals surface area (Å²) in [7, 11) is 0. The molecule has 5 heteroatoms. The molecule has 3 N–H and O–H groups in total. The van der Waals surface area contributed by atoms with Gasteiger partial charge in [0, 0.05) is 12.0 Å². The SMILES string of the molecule is Cc1cccc(Cl)c1Nc1cc(N)nc(C2CC2)n1. The quantitative estimate of drug-likeness (QED) is 0.897. The van der Waals surface area contributed by atoms with Gasteiger partial charge in [0.25, 0.3) is 0 Å². The maximum absolute atomic E-state index is 6.20. The van der Waals surface area contributed by atoms with Crippen LogP contribution >= 0.6 is 11.6 Å². The van der Waals surface area contributed by atoms with E-state index in [2.05, 4.69) is 15.3 Å². The van der Waals surface area contributed by atoms with Gasteiger partial charge in [0.15, 0.2) is 0 Å². The van der Waals surface area contributed by atoms with Gasteiger partial charge in [-0.25, -0.2) is 9.97 Å². The van der Waals surface area contributed by atoms with E-state index in [1.165, 1.54) is 0 Å². The summed E-state index contributed by atoms with van der Waals surface area (Å²) in [6.45, 7) is 2.00. The van der Waals surface area contributed by atoms with Gasteiger partial charge in [-0.05, 0) is 31.4 Å². The molecule has 1 heterocycles. The van der Waals surface area contributed by atoms with Crippen molar-refractivity contribution in [2.75, 3.05) is 11.1 Å². The summed E-state index contributed by atoms with van der Waals surface area (Å²) in [6.07, 6.45) is 2.29. The van der Waals surface area contributed by atoms with Gasteiger partial charge in [0.1, 0.15) is 17.5 Å². The van der Waals surface area contributed by atoms with Crippen LogP contribution in [0.3, 0.4) is 0 Å². The highest BCUT2D eigenvalue weighted by atomic mass is 35.5. The molecular weight excluding hydrogens is 260 g/mol. The summed E-state index contributed by atoms with van der Waals surface area (Å²) in [5.41, 5.74) is 7.76. The minimum absolute atomic E-state index is 0.469. The first kappa shape index (κ1) is 12.2. The Balaban J connectivity index is 1.94. The van der Waals surface area contributed by atoms with Gasteiger partial charge in [-0.3, -0.25) is 0 Å². The van der Waals surface area contributed by atoms with Crippen molar-refractivity contribution in [3.63, 3.8) is 0 Å². The van der Waals surface area contributed by atoms with E-state index in [0.717, 1.165) is 29.9 Å². The van der Waals surface area contributed by atoms with Crippen LogP contribution in [0.25, 0.3) is 0 Å². The number of aromatic nitrogens is 2. The molecule has 0 saturated heterocycles. The zero-order valence-corrected chi connectivity index (χ0v) is 11.4. The second-order valence-electron chi connectivity index (χ2n) is 4.87. The van der Waals surface area contributed by atoms with Gasteiger partial charge in [-0.2, -0.15) is 0 Å². The van der Waals surface area contributed by atoms with Crippen LogP contribution in [-0.2, 0) is 0 Å². The number of nitrogen functional groups attached to an aromatic ring is 1. The molecule has 0 aliphatic heterocycles. The molecule has 98 valence electrons. The van der Waals surface area contributed by atoms with Gasteiger partial charge >= 0.3 is 0 Å². The molecule has 3 rings (SSSR count). The molecule has 0 radical (unpaired) electrons. The molecule has 2 aromatic rings. The molecule has 19 heavy (non-hydrogen) atoms. The third-order valence-electron chi connectivity index (χ3n) is 3.18. The second kappa shape index (κ2) is 4.70. The van der Waals surface area contributed by atoms with Crippen LogP contribution < -0.4 is 11.1 Å². The Kier molecular flexibility index (Phi) is 3.03. The zero-order chi connectivity index (χ0) is 13.4. The Labute approximate surface area is 117 Å². The Morgan fingerprint density at radius 2 is 2.11 bits per heavy atom. The minimum atomic E-state index is 0.469. The highest BCUT2D eigenvalue weighted by molar-refractivity contribution is 6.33. The maximum Gasteiger partial charge on any atom is 0.136 e. The van der Waals surface area contributed by atoms with E-state index in [1.54, 1.807) is 6.07 Å². The summed E-state index contributed by atoms with van der Waals surface area (Å²) in [5, 5.41) is 3.91. The van der Waals surface area contributed by atoms with E-state index in [4.69, 9.17) is 17.3 Å². The summed E-state index contributed by atoms with van der Waals surface area (Å²) >= 11 is 6.20. The number of nitrogens with two attached hydrogens (primary N) is 1. The Morgan fingerprint density at radius 1 is 1.32 bits per heavy atom. The van der Waals surface area contributed by atoms with Crippen molar-refractivity contribution in [2.45, 2.75) is 25.7 Å². The molecule has 0 atom stereocenters. The van der Waals surface area contributed by atoms with Crippen molar-refractivity contribution < 1.29 is 0 Å². The molecule has 1 aliphatic carbocycles. The monoisotopic (exact) mass is 274 g/mol. The molecule has 0 bridgehead atoms. The summed E-state index contributed by atoms with van der Waals surface area (Å²) in [5.74, 6) is 2.48. The predicted molar refractivity (Wildman–Crippen MR) is 77.9 cm³/mol. The number of nitrogens with one attached hydrogen (secondary N) is 1. The second-order valence-corrected chi connectivity index (χ2v) is 5.27. The van der Waals surface area contributed by atoms with E-state index in [1.807, 2.05) is 25.1 Å². The number of halogens is 1. The number of para-hydroxylation sites is 1. The molecule has 1 aromatic carbocycles. The van der Waals surface area contributed by atoms with Crippen molar-refractivity contribution in [1.82, 2.24) is 9.97 Å². The third kappa shape index (κ3) is 2.63. The standard InChI is InChI=1S/C14H15ClN4/c1-8-3-2-4-10(15)13(8)18-12-7-11(16)17-14(19-12)9-5-6-9/h2-4,7,9H,5-6H2,1H3,(H3,16,17,18,19). The number of benzene rings is 1. The lowest BCUT2D eigenvalue weighted by molar-refractivity contribution is 0.936. The van der Waals surface area contributed by atoms with Crippen LogP contribution in [0.5, 0.6) is 0 Å². The lowest BCUT2D eigenvalue weighted by atomic mass is 10.2. The van der Waals surface area contributed by atoms with Gasteiger partial charge in [0.05, 0.1) is 10.7 Å². The lowest BCUT2D eigenvalue weighted by Crippen LogP contribution is -2.03. The van der Waals surface area contributed by atoms with Crippen LogP contribution in [0, 0.1) is 6.92 Å². The normalized spacial score (nSPS) is 14.4. The first-order valence-corrected chi connectivity index (χ1v) is 6.68. The molecule has 1 aromatic heterocycles. The van der Waals surface area contributed by atoms with E-state index >= 15 is 0 Å². The van der Waals surface area contributed by atoms with Crippen LogP contribution in [-0.4, -0.2) is 9.97 Å². The van der Waals surface area contributed by atoms with E-state index in [-0.39, 0.29) is 0 Å². The number of hydrogen-bond donors (Lipinski definition) is 2. The summed E-state index contributed by atoms with van der Waals surface area (Å²) in [4.78, 5) is 8.79. The average molecular weight is 275 g/mol. The predicted octanol–water partition coefficient (Wildman–Crippen LogP) is 3.64. The number of nitrogens with zero attached hydrogens (tertiary/aromatic N) is 2. The smallest absolute Gasteiger partial charge is 0.136 e. The lowest BCUT2D eigenvalue weighted by Gasteiger charge is -2.12. The van der Waals surface area contributed by atoms with Gasteiger partial charge in [0.2, 0.25) is 0 Å². The maximum atomic E-state index is 6.20. The van der Waals surface area contributed by atoms with Gasteiger partial charge in [-0.1, -0.05) is 23.7 Å². The number of rotatable bonds is 3. The third-order valence-corrected chi connectivity index (χ3v) is 3.50. The molecule has 1 fully saturated rings. The molecule has 1 saturated carbocycles. The number of anilines is 3. The Hall–Kier alpha value is -1.81. The van der Waals surface area contributed by atoms with Crippen molar-refractivity contribution in [2.24, 2.45) is 0 Å². The molecule has 0 unspecified atom stereocenters. The molecule has 0 spiro atoms. The fraction of sp³-hybridized carbons (Fsp3) is 0.286.